The maximum Gasteiger partial charge on any atom is 0.232 e. The molecule has 0 N–H and O–H groups in total. The molecule has 3 aromatic rings. The SMILES string of the molecule is CCCCCCCN(c1nc(N(CCCC)CCCC)nc(N(CCCC)CCCC)n1)C1CC(C)(C)N(OCCC)C(C)(C)C1.CCCCN(CCCC)c1nc(N(CCCC)CCCC)nc(N(CCCCCCN(c2nc(N(C)C3CC(C)(C)N(OCCC)C(C)(C)C3)nc(N(CCCC)C3CC(C)(C)N(OCCC)C(C)(C)C3)n2)C2CC(C)(C)N(OCCC)C(C)(C)C2)C2CC(C)(C)N(OCCC)C(C)(C)C2)n1. The number of nitrogens with zero attached hydrogens (tertiary/aromatic N) is 23. The van der Waals surface area contributed by atoms with Crippen LogP contribution in [0.25, 0.3) is 0 Å². The molecule has 5 saturated heterocycles. The Morgan fingerprint density at radius 3 is 0.517 bits per heavy atom. The van der Waals surface area contributed by atoms with Crippen molar-refractivity contribution in [2.75, 3.05) is 163 Å². The number of hydrogen-bond acceptors (Lipinski definition) is 28. The molecule has 0 aromatic carbocycles. The Labute approximate surface area is 903 Å². The van der Waals surface area contributed by atoms with E-state index < -0.39 is 0 Å². The minimum absolute atomic E-state index is 0.108. The van der Waals surface area contributed by atoms with Crippen molar-refractivity contribution in [1.29, 1.82) is 0 Å². The summed E-state index contributed by atoms with van der Waals surface area (Å²) in [6, 6.07) is 0.934. The van der Waals surface area contributed by atoms with Gasteiger partial charge in [0, 0.05) is 171 Å². The zero-order chi connectivity index (χ0) is 109. The number of anilines is 9. The van der Waals surface area contributed by atoms with Gasteiger partial charge in [-0.25, -0.2) is 0 Å². The first-order valence-electron chi connectivity index (χ1n) is 60.9. The number of aromatic nitrogens is 9. The van der Waals surface area contributed by atoms with E-state index in [1.807, 2.05) is 0 Å². The molecule has 0 atom stereocenters. The molecule has 8 rings (SSSR count). The van der Waals surface area contributed by atoms with E-state index in [-0.39, 0.29) is 79.6 Å². The standard InChI is InChI=1S/C81H156N16O4.C38H75N7O/c1-27-36-45-89(46-37-28-2)69-84-70(90(47-38-29-3)48-39-30-4)86-73(85-69)93(67-62-80(22,23)97(101-55-35-9)81(24,25)63-67)51-44-42-41-43-50-92(66-60-78(18,19)96(100-54-34-8)79(20,21)61-66)72-83-68(88(26)64-56-74(10,11)94(98-52-32-6)75(12,13)57-64)82-71(87-72)91(49-40-31-5)65-58-76(14,15)95(99-53-33-7)77(16,17)59-65;1-11-17-22-23-24-29-44(33-31-37(7,8)45(46-30-16-6)38(9,10)32-33)36-40-34(42(25-18-12-2)26-19-13-3)39-35(41-36)43(27-20-14-4)28-21-15-5/h64-67H,27-63H2,1-26H3;33H,11-32H2,1-10H3. The fourth-order valence-electron chi connectivity index (χ4n) is 25.3. The summed E-state index contributed by atoms with van der Waals surface area (Å²) in [4.78, 5) is 106. The van der Waals surface area contributed by atoms with Crippen LogP contribution in [0.15, 0.2) is 0 Å². The smallest absolute Gasteiger partial charge is 0.232 e. The lowest BCUT2D eigenvalue weighted by Gasteiger charge is -2.56. The van der Waals surface area contributed by atoms with Gasteiger partial charge >= 0.3 is 0 Å². The number of unbranched alkanes of at least 4 members (excludes halogenated alkanes) is 16. The van der Waals surface area contributed by atoms with Crippen LogP contribution in [-0.2, 0) is 24.2 Å². The minimum atomic E-state index is -0.274. The molecule has 0 radical (unpaired) electrons. The van der Waals surface area contributed by atoms with E-state index in [2.05, 4.69) is 319 Å². The molecule has 5 aliphatic heterocycles. The van der Waals surface area contributed by atoms with E-state index in [1.54, 1.807) is 0 Å². The molecule has 3 aromatic heterocycles. The summed E-state index contributed by atoms with van der Waals surface area (Å²) in [5.74, 6) is 7.45. The van der Waals surface area contributed by atoms with Crippen molar-refractivity contribution in [2.24, 2.45) is 0 Å². The fraction of sp³-hybridized carbons (Fsp3) is 0.924. The molecule has 28 nitrogen and oxygen atoms in total. The van der Waals surface area contributed by atoms with Crippen LogP contribution in [0.4, 0.5) is 53.5 Å². The van der Waals surface area contributed by atoms with E-state index in [4.69, 9.17) is 69.0 Å². The maximum atomic E-state index is 6.76. The molecule has 28 heteroatoms. The van der Waals surface area contributed by atoms with Gasteiger partial charge in [-0.05, 0) is 312 Å². The van der Waals surface area contributed by atoms with E-state index >= 15 is 0 Å². The third-order valence-electron chi connectivity index (χ3n) is 31.6. The summed E-state index contributed by atoms with van der Waals surface area (Å²) in [6.45, 7) is 96.0. The Kier molecular flexibility index (Phi) is 53.7. The number of piperidine rings is 5. The van der Waals surface area contributed by atoms with Crippen LogP contribution in [0.3, 0.4) is 0 Å². The predicted octanol–water partition coefficient (Wildman–Crippen LogP) is 28.1. The summed E-state index contributed by atoms with van der Waals surface area (Å²) < 4.78 is 0. The van der Waals surface area contributed by atoms with Crippen molar-refractivity contribution < 1.29 is 24.2 Å². The van der Waals surface area contributed by atoms with Crippen LogP contribution >= 0.6 is 0 Å². The van der Waals surface area contributed by atoms with Crippen LogP contribution in [0.5, 0.6) is 0 Å². The quantitative estimate of drug-likeness (QED) is 0.0481. The second-order valence-corrected chi connectivity index (χ2v) is 51.1. The zero-order valence-corrected chi connectivity index (χ0v) is 102. The van der Waals surface area contributed by atoms with Gasteiger partial charge in [-0.3, -0.25) is 24.2 Å². The summed E-state index contributed by atoms with van der Waals surface area (Å²) in [7, 11) is 2.26. The number of hydroxylamine groups is 10. The molecule has 147 heavy (non-hydrogen) atoms. The highest BCUT2D eigenvalue weighted by Gasteiger charge is 2.55. The third-order valence-corrected chi connectivity index (χ3v) is 31.6. The second-order valence-electron chi connectivity index (χ2n) is 51.1. The minimum Gasteiger partial charge on any atom is -0.341 e. The van der Waals surface area contributed by atoms with Gasteiger partial charge in [0.25, 0.3) is 0 Å². The first-order valence-corrected chi connectivity index (χ1v) is 60.9. The molecule has 0 unspecified atom stereocenters. The molecule has 0 saturated carbocycles. The summed E-state index contributed by atoms with van der Waals surface area (Å²) in [6.07, 6.45) is 44.8. The molecule has 0 spiro atoms. The molecule has 5 fully saturated rings. The van der Waals surface area contributed by atoms with Gasteiger partial charge < -0.3 is 44.1 Å². The first kappa shape index (κ1) is 129. The molecule has 852 valence electrons. The lowest BCUT2D eigenvalue weighted by atomic mass is 9.78. The number of rotatable bonds is 69. The van der Waals surface area contributed by atoms with Gasteiger partial charge in [0.2, 0.25) is 53.5 Å². The number of hydrogen-bond donors (Lipinski definition) is 0. The highest BCUT2D eigenvalue weighted by Crippen LogP contribution is 2.49. The van der Waals surface area contributed by atoms with Gasteiger partial charge in [0.05, 0.1) is 33.0 Å². The topological polar surface area (TPSA) is 208 Å². The average Bonchev–Trinajstić information content (AvgIpc) is 0.765. The lowest BCUT2D eigenvalue weighted by molar-refractivity contribution is -0.282. The predicted molar refractivity (Wildman–Crippen MR) is 624 cm³/mol. The van der Waals surface area contributed by atoms with Gasteiger partial charge in [-0.15, -0.1) is 0 Å². The van der Waals surface area contributed by atoms with E-state index in [0.29, 0.717) is 32.5 Å². The second kappa shape index (κ2) is 61.4. The molecule has 0 amide bonds. The Hall–Kier alpha value is -5.17. The van der Waals surface area contributed by atoms with E-state index in [9.17, 15) is 0 Å². The molecule has 0 aliphatic carbocycles. The highest BCUT2D eigenvalue weighted by atomic mass is 16.7. The Morgan fingerprint density at radius 2 is 0.333 bits per heavy atom. The summed E-state index contributed by atoms with van der Waals surface area (Å²) >= 11 is 0. The van der Waals surface area contributed by atoms with Crippen LogP contribution in [0.1, 0.15) is 512 Å². The maximum absolute atomic E-state index is 6.76. The van der Waals surface area contributed by atoms with Crippen LogP contribution < -0.4 is 44.1 Å². The molecule has 5 aliphatic rings. The van der Waals surface area contributed by atoms with Crippen molar-refractivity contribution >= 4 is 53.5 Å². The van der Waals surface area contributed by atoms with Crippen molar-refractivity contribution in [3.63, 3.8) is 0 Å². The zero-order valence-electron chi connectivity index (χ0n) is 102. The molecule has 8 heterocycles. The van der Waals surface area contributed by atoms with Gasteiger partial charge in [0.1, 0.15) is 0 Å². The first-order chi connectivity index (χ1) is 69.6. The van der Waals surface area contributed by atoms with Gasteiger partial charge in [-0.2, -0.15) is 70.2 Å². The van der Waals surface area contributed by atoms with Gasteiger partial charge in [0.15, 0.2) is 0 Å². The average molecular weight is 2060 g/mol. The van der Waals surface area contributed by atoms with Crippen molar-refractivity contribution in [1.82, 2.24) is 70.2 Å². The Bertz CT molecular complexity index is 3910. The van der Waals surface area contributed by atoms with E-state index in [0.717, 1.165) is 357 Å². The molecular weight excluding hydrogens is 1830 g/mol. The fourth-order valence-corrected chi connectivity index (χ4v) is 25.3. The largest absolute Gasteiger partial charge is 0.341 e. The Morgan fingerprint density at radius 1 is 0.184 bits per heavy atom. The monoisotopic (exact) mass is 2060 g/mol. The van der Waals surface area contributed by atoms with Crippen molar-refractivity contribution in [3.05, 3.63) is 0 Å². The van der Waals surface area contributed by atoms with Gasteiger partial charge in [-0.1, -0.05) is 200 Å². The van der Waals surface area contributed by atoms with Crippen molar-refractivity contribution in [2.45, 2.75) is 598 Å². The Balaban J connectivity index is 0.000000530. The molecule has 0 bridgehead atoms. The van der Waals surface area contributed by atoms with E-state index in [1.165, 1.54) is 51.4 Å². The van der Waals surface area contributed by atoms with Crippen LogP contribution in [-0.4, -0.2) is 274 Å². The van der Waals surface area contributed by atoms with Crippen molar-refractivity contribution in [3.8, 4) is 0 Å². The third kappa shape index (κ3) is 37.6. The summed E-state index contributed by atoms with van der Waals surface area (Å²) in [5.41, 5.74) is -2.17. The van der Waals surface area contributed by atoms with Crippen LogP contribution in [0.2, 0.25) is 0 Å². The highest BCUT2D eigenvalue weighted by molar-refractivity contribution is 5.52. The summed E-state index contributed by atoms with van der Waals surface area (Å²) in [5, 5.41) is 11.6. The molecular formula is C119H231N23O5. The van der Waals surface area contributed by atoms with Crippen LogP contribution in [0, 0.1) is 0 Å². The lowest BCUT2D eigenvalue weighted by Crippen LogP contribution is -2.64. The normalized spacial score (nSPS) is 19.7.